The molecule has 0 saturated heterocycles. The maximum absolute atomic E-state index is 12.2. The zero-order valence-electron chi connectivity index (χ0n) is 9.94. The van der Waals surface area contributed by atoms with Crippen molar-refractivity contribution in [1.29, 1.82) is 0 Å². The van der Waals surface area contributed by atoms with Crippen molar-refractivity contribution < 1.29 is 9.59 Å². The number of para-hydroxylation sites is 1. The van der Waals surface area contributed by atoms with Crippen LogP contribution in [0.4, 0.5) is 5.69 Å². The van der Waals surface area contributed by atoms with Gasteiger partial charge in [-0.25, -0.2) is 0 Å². The summed E-state index contributed by atoms with van der Waals surface area (Å²) in [5, 5.41) is 3.14. The Hall–Kier alpha value is -1.43. The Bertz CT molecular complexity index is 766. The minimum atomic E-state index is -0.308. The van der Waals surface area contributed by atoms with Gasteiger partial charge in [-0.2, -0.15) is 0 Å². The monoisotopic (exact) mass is 367 g/mol. The highest BCUT2D eigenvalue weighted by molar-refractivity contribution is 9.11. The molecule has 3 rings (SSSR count). The number of halogens is 2. The van der Waals surface area contributed by atoms with Gasteiger partial charge in [-0.05, 0) is 34.1 Å². The maximum atomic E-state index is 12.2. The van der Waals surface area contributed by atoms with Gasteiger partial charge in [0.15, 0.2) is 5.78 Å². The molecule has 1 aliphatic rings. The summed E-state index contributed by atoms with van der Waals surface area (Å²) in [6.07, 6.45) is 1.36. The average molecular weight is 369 g/mol. The third kappa shape index (κ3) is 2.32. The first kappa shape index (κ1) is 13.5. The molecule has 2 heterocycles. The lowest BCUT2D eigenvalue weighted by atomic mass is 10.1. The second-order valence-corrected chi connectivity index (χ2v) is 7.01. The second kappa shape index (κ2) is 5.16. The standard InChI is InChI=1S/C14H7BrClNO2S/c15-12-5-4-11(20-12)10(18)6-8-7-2-1-3-9(16)13(7)17-14(8)19/h1-6H,(H,17,19)/b8-6-. The zero-order valence-corrected chi connectivity index (χ0v) is 13.1. The van der Waals surface area contributed by atoms with Crippen LogP contribution in [-0.4, -0.2) is 11.7 Å². The number of amides is 1. The third-order valence-electron chi connectivity index (χ3n) is 2.88. The summed E-state index contributed by atoms with van der Waals surface area (Å²) in [7, 11) is 0. The molecular formula is C14H7BrClNO2S. The van der Waals surface area contributed by atoms with Gasteiger partial charge in [-0.15, -0.1) is 11.3 Å². The molecule has 1 aromatic heterocycles. The van der Waals surface area contributed by atoms with Crippen LogP contribution >= 0.6 is 38.9 Å². The normalized spacial score (nSPS) is 15.3. The highest BCUT2D eigenvalue weighted by Crippen LogP contribution is 2.37. The number of ketones is 1. The predicted octanol–water partition coefficient (Wildman–Crippen LogP) is 4.38. The van der Waals surface area contributed by atoms with Crippen molar-refractivity contribution in [3.63, 3.8) is 0 Å². The lowest BCUT2D eigenvalue weighted by molar-refractivity contribution is -0.110. The van der Waals surface area contributed by atoms with Crippen molar-refractivity contribution in [2.75, 3.05) is 5.32 Å². The summed E-state index contributed by atoms with van der Waals surface area (Å²) in [5.41, 5.74) is 1.56. The fourth-order valence-corrected chi connectivity index (χ4v) is 3.49. The van der Waals surface area contributed by atoms with E-state index in [0.29, 0.717) is 26.7 Å². The molecule has 100 valence electrons. The smallest absolute Gasteiger partial charge is 0.256 e. The van der Waals surface area contributed by atoms with E-state index < -0.39 is 0 Å². The van der Waals surface area contributed by atoms with Gasteiger partial charge in [0, 0.05) is 11.6 Å². The van der Waals surface area contributed by atoms with Crippen LogP contribution in [0.3, 0.4) is 0 Å². The van der Waals surface area contributed by atoms with E-state index in [-0.39, 0.29) is 11.7 Å². The number of allylic oxidation sites excluding steroid dienone is 1. The topological polar surface area (TPSA) is 46.2 Å². The Morgan fingerprint density at radius 2 is 2.10 bits per heavy atom. The SMILES string of the molecule is O=C1Nc2c(Cl)cccc2/C1=C/C(=O)c1ccc(Br)s1. The van der Waals surface area contributed by atoms with Gasteiger partial charge in [0.2, 0.25) is 0 Å². The first-order valence-electron chi connectivity index (χ1n) is 5.68. The number of thiophene rings is 1. The molecule has 1 aliphatic heterocycles. The van der Waals surface area contributed by atoms with E-state index in [9.17, 15) is 9.59 Å². The molecule has 1 aromatic carbocycles. The quantitative estimate of drug-likeness (QED) is 0.631. The molecule has 0 bridgehead atoms. The lowest BCUT2D eigenvalue weighted by Gasteiger charge is -1.99. The summed E-state index contributed by atoms with van der Waals surface area (Å²) in [6.45, 7) is 0. The molecule has 1 amide bonds. The summed E-state index contributed by atoms with van der Waals surface area (Å²) in [6, 6.07) is 8.74. The number of rotatable bonds is 2. The van der Waals surface area contributed by atoms with Gasteiger partial charge >= 0.3 is 0 Å². The number of carbonyl (C=O) groups is 2. The number of fused-ring (bicyclic) bond motifs is 1. The fourth-order valence-electron chi connectivity index (χ4n) is 1.97. The van der Waals surface area contributed by atoms with Gasteiger partial charge < -0.3 is 5.32 Å². The van der Waals surface area contributed by atoms with Crippen LogP contribution in [0.1, 0.15) is 15.2 Å². The molecule has 0 spiro atoms. The van der Waals surface area contributed by atoms with Crippen molar-refractivity contribution in [1.82, 2.24) is 0 Å². The lowest BCUT2D eigenvalue weighted by Crippen LogP contribution is -2.05. The van der Waals surface area contributed by atoms with Crippen molar-refractivity contribution >= 4 is 61.8 Å². The summed E-state index contributed by atoms with van der Waals surface area (Å²) >= 11 is 10.7. The Morgan fingerprint density at radius 3 is 2.80 bits per heavy atom. The van der Waals surface area contributed by atoms with E-state index >= 15 is 0 Å². The average Bonchev–Trinajstić information content (AvgIpc) is 2.96. The van der Waals surface area contributed by atoms with E-state index in [1.165, 1.54) is 17.4 Å². The highest BCUT2D eigenvalue weighted by atomic mass is 79.9. The molecule has 0 aliphatic carbocycles. The minimum Gasteiger partial charge on any atom is -0.320 e. The minimum absolute atomic E-state index is 0.196. The van der Waals surface area contributed by atoms with E-state index in [2.05, 4.69) is 21.2 Å². The van der Waals surface area contributed by atoms with E-state index in [0.717, 1.165) is 3.79 Å². The first-order chi connectivity index (χ1) is 9.56. The van der Waals surface area contributed by atoms with Gasteiger partial charge in [0.25, 0.3) is 5.91 Å². The molecule has 6 heteroatoms. The second-order valence-electron chi connectivity index (χ2n) is 4.14. The maximum Gasteiger partial charge on any atom is 0.256 e. The molecular weight excluding hydrogens is 362 g/mol. The van der Waals surface area contributed by atoms with Crippen LogP contribution in [0, 0.1) is 0 Å². The molecule has 0 fully saturated rings. The summed E-state index contributed by atoms with van der Waals surface area (Å²) in [5.74, 6) is -0.504. The number of hydrogen-bond acceptors (Lipinski definition) is 3. The molecule has 0 unspecified atom stereocenters. The van der Waals surface area contributed by atoms with Crippen molar-refractivity contribution in [3.8, 4) is 0 Å². The van der Waals surface area contributed by atoms with Gasteiger partial charge in [-0.3, -0.25) is 9.59 Å². The molecule has 0 saturated carbocycles. The van der Waals surface area contributed by atoms with Gasteiger partial charge in [0.05, 0.1) is 24.9 Å². The van der Waals surface area contributed by atoms with Crippen LogP contribution < -0.4 is 5.32 Å². The molecule has 0 radical (unpaired) electrons. The number of anilines is 1. The van der Waals surface area contributed by atoms with Gasteiger partial charge in [-0.1, -0.05) is 23.7 Å². The van der Waals surface area contributed by atoms with Crippen molar-refractivity contribution in [2.45, 2.75) is 0 Å². The first-order valence-corrected chi connectivity index (χ1v) is 7.66. The Morgan fingerprint density at radius 1 is 1.30 bits per heavy atom. The van der Waals surface area contributed by atoms with Crippen molar-refractivity contribution in [2.24, 2.45) is 0 Å². The number of carbonyl (C=O) groups excluding carboxylic acids is 2. The molecule has 1 N–H and O–H groups in total. The van der Waals surface area contributed by atoms with Crippen molar-refractivity contribution in [3.05, 3.63) is 55.7 Å². The Balaban J connectivity index is 2.03. The van der Waals surface area contributed by atoms with Crippen LogP contribution in [0.15, 0.2) is 40.2 Å². The fraction of sp³-hybridized carbons (Fsp3) is 0. The predicted molar refractivity (Wildman–Crippen MR) is 84.4 cm³/mol. The molecule has 0 atom stereocenters. The third-order valence-corrected chi connectivity index (χ3v) is 4.83. The summed E-state index contributed by atoms with van der Waals surface area (Å²) in [4.78, 5) is 24.7. The Kier molecular flexibility index (Phi) is 3.50. The van der Waals surface area contributed by atoms with Gasteiger partial charge in [0.1, 0.15) is 0 Å². The van der Waals surface area contributed by atoms with E-state index in [1.54, 1.807) is 30.3 Å². The Labute approximate surface area is 132 Å². The largest absolute Gasteiger partial charge is 0.320 e. The highest BCUT2D eigenvalue weighted by Gasteiger charge is 2.26. The molecule has 3 nitrogen and oxygen atoms in total. The van der Waals surface area contributed by atoms with E-state index in [1.807, 2.05) is 0 Å². The van der Waals surface area contributed by atoms with Crippen LogP contribution in [0.2, 0.25) is 5.02 Å². The number of hydrogen-bond donors (Lipinski definition) is 1. The molecule has 20 heavy (non-hydrogen) atoms. The van der Waals surface area contributed by atoms with Crippen LogP contribution in [0.25, 0.3) is 5.57 Å². The number of benzene rings is 1. The van der Waals surface area contributed by atoms with E-state index in [4.69, 9.17) is 11.6 Å². The zero-order chi connectivity index (χ0) is 14.3. The molecule has 2 aromatic rings. The number of nitrogens with one attached hydrogen (secondary N) is 1. The van der Waals surface area contributed by atoms with Crippen LogP contribution in [0.5, 0.6) is 0 Å². The summed E-state index contributed by atoms with van der Waals surface area (Å²) < 4.78 is 0.874. The van der Waals surface area contributed by atoms with Crippen LogP contribution in [-0.2, 0) is 4.79 Å².